The maximum Gasteiger partial charge on any atom is 0.331 e. The van der Waals surface area contributed by atoms with Crippen LogP contribution in [0.4, 0.5) is 4.39 Å². The molecule has 0 saturated heterocycles. The van der Waals surface area contributed by atoms with E-state index in [0.29, 0.717) is 0 Å². The number of hydrogen-bond acceptors (Lipinski definition) is 3. The van der Waals surface area contributed by atoms with Crippen LogP contribution in [0.2, 0.25) is 5.02 Å². The van der Waals surface area contributed by atoms with Crippen LogP contribution in [0.5, 0.6) is 0 Å². The average molecular weight is 442 g/mol. The van der Waals surface area contributed by atoms with Crippen LogP contribution >= 0.6 is 27.5 Å². The molecule has 1 aromatic heterocycles. The average Bonchev–Trinajstić information content (AvgIpc) is 2.59. The lowest BCUT2D eigenvalue weighted by Crippen LogP contribution is -2.42. The molecular formula is C18H15BrClFN2O3. The number of benzene rings is 2. The van der Waals surface area contributed by atoms with Crippen LogP contribution in [0.1, 0.15) is 12.5 Å². The molecule has 1 unspecified atom stereocenters. The Balaban J connectivity index is 2.30. The van der Waals surface area contributed by atoms with Gasteiger partial charge in [0, 0.05) is 4.47 Å². The van der Waals surface area contributed by atoms with Crippen molar-refractivity contribution in [3.05, 3.63) is 78.1 Å². The van der Waals surface area contributed by atoms with Gasteiger partial charge in [-0.3, -0.25) is 13.9 Å². The van der Waals surface area contributed by atoms with Gasteiger partial charge in [-0.2, -0.15) is 0 Å². The largest absolute Gasteiger partial charge is 0.392 e. The van der Waals surface area contributed by atoms with Crippen LogP contribution < -0.4 is 11.2 Å². The Morgan fingerprint density at radius 3 is 2.42 bits per heavy atom. The van der Waals surface area contributed by atoms with Crippen LogP contribution in [0.15, 0.2) is 50.5 Å². The summed E-state index contributed by atoms with van der Waals surface area (Å²) in [4.78, 5) is 25.7. The Hall–Kier alpha value is -1.96. The van der Waals surface area contributed by atoms with E-state index < -0.39 is 23.2 Å². The molecule has 0 spiro atoms. The van der Waals surface area contributed by atoms with Crippen molar-refractivity contribution in [3.63, 3.8) is 0 Å². The van der Waals surface area contributed by atoms with E-state index in [1.54, 1.807) is 24.3 Å². The third-order valence-electron chi connectivity index (χ3n) is 3.98. The van der Waals surface area contributed by atoms with Gasteiger partial charge in [0.25, 0.3) is 5.56 Å². The Morgan fingerprint density at radius 1 is 1.15 bits per heavy atom. The Labute approximate surface area is 161 Å². The van der Waals surface area contributed by atoms with Crippen molar-refractivity contribution in [2.75, 3.05) is 0 Å². The number of hydrogen-bond donors (Lipinski definition) is 1. The van der Waals surface area contributed by atoms with Gasteiger partial charge in [-0.25, -0.2) is 9.18 Å². The first-order chi connectivity index (χ1) is 12.3. The molecule has 0 fully saturated rings. The predicted octanol–water partition coefficient (Wildman–Crippen LogP) is 3.15. The van der Waals surface area contributed by atoms with E-state index in [2.05, 4.69) is 15.9 Å². The Morgan fingerprint density at radius 2 is 1.81 bits per heavy atom. The number of nitrogens with zero attached hydrogens (tertiary/aromatic N) is 2. The number of rotatable bonds is 4. The van der Waals surface area contributed by atoms with Gasteiger partial charge in [-0.15, -0.1) is 0 Å². The molecule has 3 rings (SSSR count). The van der Waals surface area contributed by atoms with Gasteiger partial charge in [0.15, 0.2) is 5.82 Å². The van der Waals surface area contributed by atoms with E-state index in [0.717, 1.165) is 19.2 Å². The summed E-state index contributed by atoms with van der Waals surface area (Å²) in [6, 6.07) is 9.83. The van der Waals surface area contributed by atoms with Gasteiger partial charge < -0.3 is 5.11 Å². The van der Waals surface area contributed by atoms with E-state index in [4.69, 9.17) is 11.6 Å². The minimum absolute atomic E-state index is 0.0317. The minimum Gasteiger partial charge on any atom is -0.392 e. The number of fused-ring (bicyclic) bond motifs is 1. The quantitative estimate of drug-likeness (QED) is 0.676. The molecule has 1 N–H and O–H groups in total. The van der Waals surface area contributed by atoms with Crippen molar-refractivity contribution >= 4 is 38.4 Å². The van der Waals surface area contributed by atoms with E-state index in [9.17, 15) is 19.1 Å². The predicted molar refractivity (Wildman–Crippen MR) is 102 cm³/mol. The molecule has 0 aliphatic heterocycles. The molecule has 0 saturated carbocycles. The number of aliphatic hydroxyl groups is 1. The van der Waals surface area contributed by atoms with Gasteiger partial charge in [-0.05, 0) is 36.8 Å². The Kier molecular flexibility index (Phi) is 5.32. The first-order valence-corrected chi connectivity index (χ1v) is 9.00. The fourth-order valence-corrected chi connectivity index (χ4v) is 3.21. The smallest absolute Gasteiger partial charge is 0.331 e. The monoisotopic (exact) mass is 440 g/mol. The molecule has 8 heteroatoms. The van der Waals surface area contributed by atoms with Crippen molar-refractivity contribution in [1.82, 2.24) is 9.13 Å². The van der Waals surface area contributed by atoms with Crippen LogP contribution in [0.25, 0.3) is 10.9 Å². The first-order valence-electron chi connectivity index (χ1n) is 7.83. The van der Waals surface area contributed by atoms with Gasteiger partial charge in [0.2, 0.25) is 0 Å². The van der Waals surface area contributed by atoms with E-state index in [1.165, 1.54) is 19.1 Å². The SMILES string of the molecule is CC(O)Cn1c(=O)n(Cc2ccc(Br)cc2)c(=O)c2ccc(Cl)c(F)c21. The summed E-state index contributed by atoms with van der Waals surface area (Å²) in [5.41, 5.74) is -0.761. The van der Waals surface area contributed by atoms with Crippen molar-refractivity contribution < 1.29 is 9.50 Å². The number of aliphatic hydroxyl groups excluding tert-OH is 1. The van der Waals surface area contributed by atoms with Crippen molar-refractivity contribution in [2.24, 2.45) is 0 Å². The summed E-state index contributed by atoms with van der Waals surface area (Å²) < 4.78 is 17.5. The Bertz CT molecular complexity index is 1090. The maximum atomic E-state index is 14.5. The summed E-state index contributed by atoms with van der Waals surface area (Å²) in [7, 11) is 0. The molecule has 5 nitrogen and oxygen atoms in total. The zero-order valence-electron chi connectivity index (χ0n) is 13.7. The normalized spacial score (nSPS) is 12.5. The lowest BCUT2D eigenvalue weighted by atomic mass is 10.2. The summed E-state index contributed by atoms with van der Waals surface area (Å²) in [5, 5.41) is 9.56. The fourth-order valence-electron chi connectivity index (χ4n) is 2.80. The molecule has 0 radical (unpaired) electrons. The molecule has 3 aromatic rings. The van der Waals surface area contributed by atoms with Gasteiger partial charge in [0.1, 0.15) is 0 Å². The van der Waals surface area contributed by atoms with Gasteiger partial charge >= 0.3 is 5.69 Å². The second kappa shape index (κ2) is 7.34. The molecular weight excluding hydrogens is 427 g/mol. The molecule has 2 aromatic carbocycles. The van der Waals surface area contributed by atoms with Crippen LogP contribution in [-0.2, 0) is 13.1 Å². The zero-order valence-corrected chi connectivity index (χ0v) is 16.1. The maximum absolute atomic E-state index is 14.5. The fraction of sp³-hybridized carbons (Fsp3) is 0.222. The highest BCUT2D eigenvalue weighted by atomic mass is 79.9. The summed E-state index contributed by atoms with van der Waals surface area (Å²) >= 11 is 9.15. The van der Waals surface area contributed by atoms with Crippen molar-refractivity contribution in [2.45, 2.75) is 26.1 Å². The first kappa shape index (κ1) is 18.8. The van der Waals surface area contributed by atoms with Gasteiger partial charge in [-0.1, -0.05) is 39.7 Å². The second-order valence-electron chi connectivity index (χ2n) is 6.02. The molecule has 0 aliphatic rings. The third kappa shape index (κ3) is 3.47. The van der Waals surface area contributed by atoms with Crippen LogP contribution in [0, 0.1) is 5.82 Å². The van der Waals surface area contributed by atoms with E-state index >= 15 is 0 Å². The number of aromatic nitrogens is 2. The summed E-state index contributed by atoms with van der Waals surface area (Å²) in [6.07, 6.45) is -0.909. The molecule has 0 bridgehead atoms. The van der Waals surface area contributed by atoms with E-state index in [1.807, 2.05) is 0 Å². The van der Waals surface area contributed by atoms with E-state index in [-0.39, 0.29) is 29.0 Å². The van der Waals surface area contributed by atoms with Crippen molar-refractivity contribution in [3.8, 4) is 0 Å². The highest BCUT2D eigenvalue weighted by molar-refractivity contribution is 9.10. The van der Waals surface area contributed by atoms with Crippen LogP contribution in [-0.4, -0.2) is 20.3 Å². The second-order valence-corrected chi connectivity index (χ2v) is 7.34. The van der Waals surface area contributed by atoms with Crippen LogP contribution in [0.3, 0.4) is 0 Å². The highest BCUT2D eigenvalue weighted by Crippen LogP contribution is 2.22. The minimum atomic E-state index is -0.909. The molecule has 136 valence electrons. The molecule has 0 aliphatic carbocycles. The molecule has 26 heavy (non-hydrogen) atoms. The lowest BCUT2D eigenvalue weighted by molar-refractivity contribution is 0.172. The van der Waals surface area contributed by atoms with Gasteiger partial charge in [0.05, 0.1) is 35.1 Å². The zero-order chi connectivity index (χ0) is 19.0. The molecule has 1 heterocycles. The highest BCUT2D eigenvalue weighted by Gasteiger charge is 2.19. The topological polar surface area (TPSA) is 64.2 Å². The summed E-state index contributed by atoms with van der Waals surface area (Å²) in [6.45, 7) is 1.35. The standard InChI is InChI=1S/C18H15BrClFN2O3/c1-10(24)8-22-16-13(6-7-14(20)15(16)21)17(25)23(18(22)26)9-11-2-4-12(19)5-3-11/h2-7,10,24H,8-9H2,1H3. The van der Waals surface area contributed by atoms with Crippen molar-refractivity contribution in [1.29, 1.82) is 0 Å². The lowest BCUT2D eigenvalue weighted by Gasteiger charge is -2.16. The molecule has 1 atom stereocenters. The summed E-state index contributed by atoms with van der Waals surface area (Å²) in [5.74, 6) is -0.852. The third-order valence-corrected chi connectivity index (χ3v) is 4.80. The molecule has 0 amide bonds. The number of halogens is 3.